The molecule has 1 aliphatic heterocycles. The lowest BCUT2D eigenvalue weighted by Gasteiger charge is -2.36. The Morgan fingerprint density at radius 1 is 1.23 bits per heavy atom. The van der Waals surface area contributed by atoms with Crippen molar-refractivity contribution in [1.82, 2.24) is 15.5 Å². The third-order valence-corrected chi connectivity index (χ3v) is 4.94. The number of rotatable bonds is 7. The van der Waals surface area contributed by atoms with E-state index in [0.29, 0.717) is 6.04 Å². The second-order valence-electron chi connectivity index (χ2n) is 7.38. The number of hydrogen-bond acceptors (Lipinski definition) is 3. The van der Waals surface area contributed by atoms with Crippen LogP contribution in [0.1, 0.15) is 38.7 Å². The van der Waals surface area contributed by atoms with Gasteiger partial charge in [-0.1, -0.05) is 36.8 Å². The van der Waals surface area contributed by atoms with E-state index < -0.39 is 0 Å². The Kier molecular flexibility index (Phi) is 10.5. The Balaban J connectivity index is 0.00000338. The molecule has 1 aromatic rings. The number of hydrogen-bond donors (Lipinski definition) is 2. The predicted octanol–water partition coefficient (Wildman–Crippen LogP) is 3.25. The zero-order valence-electron chi connectivity index (χ0n) is 16.6. The van der Waals surface area contributed by atoms with Crippen molar-refractivity contribution in [2.75, 3.05) is 33.8 Å². The van der Waals surface area contributed by atoms with Crippen LogP contribution in [-0.2, 0) is 11.3 Å². The van der Waals surface area contributed by atoms with Gasteiger partial charge in [-0.05, 0) is 38.8 Å². The van der Waals surface area contributed by atoms with Crippen LogP contribution in [0.15, 0.2) is 35.3 Å². The van der Waals surface area contributed by atoms with Crippen molar-refractivity contribution in [3.05, 3.63) is 35.9 Å². The van der Waals surface area contributed by atoms with E-state index in [4.69, 9.17) is 4.74 Å². The molecule has 148 valence electrons. The van der Waals surface area contributed by atoms with E-state index in [0.717, 1.165) is 25.6 Å². The molecule has 2 N–H and O–H groups in total. The highest BCUT2D eigenvalue weighted by molar-refractivity contribution is 14.0. The van der Waals surface area contributed by atoms with Crippen LogP contribution in [0.5, 0.6) is 0 Å². The largest absolute Gasteiger partial charge is 0.377 e. The van der Waals surface area contributed by atoms with Gasteiger partial charge in [0.2, 0.25) is 0 Å². The maximum absolute atomic E-state index is 5.46. The summed E-state index contributed by atoms with van der Waals surface area (Å²) in [6.45, 7) is 7.97. The van der Waals surface area contributed by atoms with Crippen LogP contribution in [0.4, 0.5) is 0 Å². The van der Waals surface area contributed by atoms with Gasteiger partial charge in [-0.3, -0.25) is 9.89 Å². The molecule has 1 fully saturated rings. The first-order chi connectivity index (χ1) is 12.0. The second kappa shape index (κ2) is 11.8. The Labute approximate surface area is 176 Å². The molecule has 1 aromatic carbocycles. The number of ether oxygens (including phenoxy) is 1. The second-order valence-corrected chi connectivity index (χ2v) is 7.38. The van der Waals surface area contributed by atoms with E-state index in [1.54, 1.807) is 7.11 Å². The fourth-order valence-corrected chi connectivity index (χ4v) is 3.12. The van der Waals surface area contributed by atoms with E-state index in [1.165, 1.54) is 31.4 Å². The van der Waals surface area contributed by atoms with E-state index >= 15 is 0 Å². The highest BCUT2D eigenvalue weighted by atomic mass is 127. The molecule has 1 heterocycles. The molecule has 0 aliphatic carbocycles. The van der Waals surface area contributed by atoms with Crippen molar-refractivity contribution in [3.8, 4) is 0 Å². The summed E-state index contributed by atoms with van der Waals surface area (Å²) < 4.78 is 5.46. The molecule has 1 atom stereocenters. The van der Waals surface area contributed by atoms with Crippen LogP contribution in [0, 0.1) is 0 Å². The molecule has 0 radical (unpaired) electrons. The zero-order valence-corrected chi connectivity index (χ0v) is 19.0. The van der Waals surface area contributed by atoms with Crippen molar-refractivity contribution in [2.24, 2.45) is 4.99 Å². The molecule has 2 rings (SSSR count). The fourth-order valence-electron chi connectivity index (χ4n) is 3.12. The Morgan fingerprint density at radius 2 is 1.96 bits per heavy atom. The summed E-state index contributed by atoms with van der Waals surface area (Å²) in [6, 6.07) is 11.3. The number of nitrogens with zero attached hydrogens (tertiary/aromatic N) is 2. The average molecular weight is 474 g/mol. The van der Waals surface area contributed by atoms with E-state index in [9.17, 15) is 0 Å². The van der Waals surface area contributed by atoms with Gasteiger partial charge >= 0.3 is 0 Å². The summed E-state index contributed by atoms with van der Waals surface area (Å²) in [4.78, 5) is 6.93. The van der Waals surface area contributed by atoms with E-state index in [2.05, 4.69) is 64.7 Å². The lowest BCUT2D eigenvalue weighted by molar-refractivity contribution is 0.0268. The minimum absolute atomic E-state index is 0. The molecule has 1 aliphatic rings. The number of likely N-dealkylation sites (tertiary alicyclic amines) is 1. The minimum atomic E-state index is -0.207. The van der Waals surface area contributed by atoms with Gasteiger partial charge < -0.3 is 15.4 Å². The van der Waals surface area contributed by atoms with Crippen molar-refractivity contribution in [1.29, 1.82) is 0 Å². The van der Waals surface area contributed by atoms with Crippen LogP contribution < -0.4 is 10.6 Å². The van der Waals surface area contributed by atoms with Crippen molar-refractivity contribution >= 4 is 29.9 Å². The molecular weight excluding hydrogens is 439 g/mol. The smallest absolute Gasteiger partial charge is 0.191 e. The van der Waals surface area contributed by atoms with Gasteiger partial charge in [0, 0.05) is 39.8 Å². The summed E-state index contributed by atoms with van der Waals surface area (Å²) in [6.07, 6.45) is 3.83. The number of guanidine groups is 1. The summed E-state index contributed by atoms with van der Waals surface area (Å²) >= 11 is 0. The highest BCUT2D eigenvalue weighted by Gasteiger charge is 2.23. The van der Waals surface area contributed by atoms with Crippen molar-refractivity contribution < 1.29 is 4.74 Å². The number of aliphatic imine (C=N–C) groups is 1. The number of halogens is 1. The molecule has 26 heavy (non-hydrogen) atoms. The van der Waals surface area contributed by atoms with Gasteiger partial charge in [0.15, 0.2) is 5.96 Å². The van der Waals surface area contributed by atoms with Crippen LogP contribution in [0.2, 0.25) is 0 Å². The SMILES string of the molecule is CN=C(NCC1CCCCN1Cc1ccccc1)NCC(C)(C)OC.I. The first-order valence-corrected chi connectivity index (χ1v) is 9.32. The van der Waals surface area contributed by atoms with Crippen LogP contribution in [0.3, 0.4) is 0 Å². The normalized spacial score (nSPS) is 18.9. The van der Waals surface area contributed by atoms with Gasteiger partial charge in [0.1, 0.15) is 0 Å². The Bertz CT molecular complexity index is 536. The molecule has 0 aromatic heterocycles. The number of methoxy groups -OCH3 is 1. The molecule has 0 amide bonds. The standard InChI is InChI=1S/C20H34N4O.HI/c1-20(2,25-4)16-23-19(21-3)22-14-18-12-8-9-13-24(18)15-17-10-6-5-7-11-17;/h5-7,10-11,18H,8-9,12-16H2,1-4H3,(H2,21,22,23);1H. The minimum Gasteiger partial charge on any atom is -0.377 e. The molecule has 0 bridgehead atoms. The van der Waals surface area contributed by atoms with Gasteiger partial charge in [-0.2, -0.15) is 0 Å². The summed E-state index contributed by atoms with van der Waals surface area (Å²) in [5.41, 5.74) is 1.18. The Morgan fingerprint density at radius 3 is 2.62 bits per heavy atom. The number of piperidine rings is 1. The summed E-state index contributed by atoms with van der Waals surface area (Å²) in [7, 11) is 3.55. The lowest BCUT2D eigenvalue weighted by Crippen LogP contribution is -2.50. The monoisotopic (exact) mass is 474 g/mol. The van der Waals surface area contributed by atoms with E-state index in [1.807, 2.05) is 7.05 Å². The number of nitrogens with one attached hydrogen (secondary N) is 2. The third-order valence-electron chi connectivity index (χ3n) is 4.94. The highest BCUT2D eigenvalue weighted by Crippen LogP contribution is 2.19. The van der Waals surface area contributed by atoms with Crippen LogP contribution in [0.25, 0.3) is 0 Å². The first kappa shape index (κ1) is 23.2. The quantitative estimate of drug-likeness (QED) is 0.362. The van der Waals surface area contributed by atoms with E-state index in [-0.39, 0.29) is 29.6 Å². The summed E-state index contributed by atoms with van der Waals surface area (Å²) in [5.74, 6) is 0.843. The molecule has 5 nitrogen and oxygen atoms in total. The molecule has 0 spiro atoms. The molecule has 0 saturated carbocycles. The summed E-state index contributed by atoms with van der Waals surface area (Å²) in [5, 5.41) is 6.85. The molecule has 6 heteroatoms. The lowest BCUT2D eigenvalue weighted by atomic mass is 10.0. The fraction of sp³-hybridized carbons (Fsp3) is 0.650. The van der Waals surface area contributed by atoms with Crippen molar-refractivity contribution in [3.63, 3.8) is 0 Å². The first-order valence-electron chi connectivity index (χ1n) is 9.32. The van der Waals surface area contributed by atoms with Gasteiger partial charge in [-0.25, -0.2) is 0 Å². The van der Waals surface area contributed by atoms with Crippen LogP contribution >= 0.6 is 24.0 Å². The number of benzene rings is 1. The maximum Gasteiger partial charge on any atom is 0.191 e. The van der Waals surface area contributed by atoms with Crippen molar-refractivity contribution in [2.45, 2.75) is 51.3 Å². The topological polar surface area (TPSA) is 48.9 Å². The maximum atomic E-state index is 5.46. The molecule has 1 unspecified atom stereocenters. The van der Waals surface area contributed by atoms with Gasteiger partial charge in [0.25, 0.3) is 0 Å². The van der Waals surface area contributed by atoms with Gasteiger partial charge in [0.05, 0.1) is 5.60 Å². The molecular formula is C20H35IN4O. The zero-order chi connectivity index (χ0) is 18.1. The molecule has 1 saturated heterocycles. The average Bonchev–Trinajstić information content (AvgIpc) is 2.64. The predicted molar refractivity (Wildman–Crippen MR) is 120 cm³/mol. The van der Waals surface area contributed by atoms with Gasteiger partial charge in [-0.15, -0.1) is 24.0 Å². The third kappa shape index (κ3) is 7.80. The Hall–Kier alpha value is -0.860. The van der Waals surface area contributed by atoms with Crippen LogP contribution in [-0.4, -0.2) is 56.3 Å².